The Bertz CT molecular complexity index is 379. The summed E-state index contributed by atoms with van der Waals surface area (Å²) < 4.78 is 4.85. The molecule has 0 aromatic carbocycles. The predicted octanol–water partition coefficient (Wildman–Crippen LogP) is 1.31. The minimum Gasteiger partial charge on any atom is -0.383 e. The second-order valence-electron chi connectivity index (χ2n) is 4.66. The highest BCUT2D eigenvalue weighted by Gasteiger charge is 2.07. The molecular weight excluding hydrogens is 244 g/mol. The molecule has 19 heavy (non-hydrogen) atoms. The molecule has 0 aliphatic rings. The molecule has 0 atom stereocenters. The number of rotatable bonds is 8. The van der Waals surface area contributed by atoms with Crippen LogP contribution in [0.4, 0.5) is 5.82 Å². The van der Waals surface area contributed by atoms with Gasteiger partial charge in [0, 0.05) is 20.2 Å². The lowest BCUT2D eigenvalue weighted by Gasteiger charge is -2.07. The van der Waals surface area contributed by atoms with E-state index in [2.05, 4.69) is 34.7 Å². The lowest BCUT2D eigenvalue weighted by Crippen LogP contribution is -2.28. The molecule has 6 nitrogen and oxygen atoms in total. The first-order valence-corrected chi connectivity index (χ1v) is 6.48. The Hall–Kier alpha value is -1.69. The number of carbonyl (C=O) groups is 1. The molecule has 2 N–H and O–H groups in total. The first-order valence-electron chi connectivity index (χ1n) is 6.48. The molecule has 0 saturated carbocycles. The summed E-state index contributed by atoms with van der Waals surface area (Å²) in [7, 11) is 1.59. The second-order valence-corrected chi connectivity index (χ2v) is 4.66. The standard InChI is InChI=1S/C13H22N4O2/c1-10(2)6-7-14-12-5-4-11(16-17-12)13(18)15-8-9-19-3/h4-5,10H,6-9H2,1-3H3,(H,14,17)(H,15,18). The molecule has 0 fully saturated rings. The number of aromatic nitrogens is 2. The number of anilines is 1. The quantitative estimate of drug-likeness (QED) is 0.694. The van der Waals surface area contributed by atoms with E-state index < -0.39 is 0 Å². The Morgan fingerprint density at radius 3 is 2.68 bits per heavy atom. The van der Waals surface area contributed by atoms with Crippen molar-refractivity contribution in [3.05, 3.63) is 17.8 Å². The van der Waals surface area contributed by atoms with Crippen LogP contribution < -0.4 is 10.6 Å². The van der Waals surface area contributed by atoms with Gasteiger partial charge in [0.2, 0.25) is 0 Å². The molecule has 0 spiro atoms. The van der Waals surface area contributed by atoms with Crippen LogP contribution in [-0.4, -0.2) is 42.9 Å². The van der Waals surface area contributed by atoms with E-state index in [4.69, 9.17) is 4.74 Å². The van der Waals surface area contributed by atoms with Crippen LogP contribution in [0.5, 0.6) is 0 Å². The smallest absolute Gasteiger partial charge is 0.271 e. The van der Waals surface area contributed by atoms with Gasteiger partial charge < -0.3 is 15.4 Å². The van der Waals surface area contributed by atoms with E-state index in [0.717, 1.165) is 13.0 Å². The number of carbonyl (C=O) groups excluding carboxylic acids is 1. The van der Waals surface area contributed by atoms with Gasteiger partial charge in [0.15, 0.2) is 5.69 Å². The second kappa shape index (κ2) is 8.42. The SMILES string of the molecule is COCCNC(=O)c1ccc(NCCC(C)C)nn1. The molecule has 1 heterocycles. The van der Waals surface area contributed by atoms with Crippen molar-refractivity contribution in [2.45, 2.75) is 20.3 Å². The number of hydrogen-bond acceptors (Lipinski definition) is 5. The fourth-order valence-corrected chi connectivity index (χ4v) is 1.39. The van der Waals surface area contributed by atoms with Crippen molar-refractivity contribution in [1.29, 1.82) is 0 Å². The number of ether oxygens (including phenoxy) is 1. The predicted molar refractivity (Wildman–Crippen MR) is 74.2 cm³/mol. The van der Waals surface area contributed by atoms with Crippen LogP contribution in [0.2, 0.25) is 0 Å². The Labute approximate surface area is 113 Å². The molecule has 0 aliphatic heterocycles. The first kappa shape index (κ1) is 15.4. The Kier molecular flexibility index (Phi) is 6.81. The van der Waals surface area contributed by atoms with Crippen LogP contribution in [0.25, 0.3) is 0 Å². The summed E-state index contributed by atoms with van der Waals surface area (Å²) in [5.74, 6) is 1.10. The molecule has 0 radical (unpaired) electrons. The molecule has 0 aliphatic carbocycles. The average Bonchev–Trinajstić information content (AvgIpc) is 2.39. The molecule has 0 unspecified atom stereocenters. The van der Waals surface area contributed by atoms with Gasteiger partial charge in [-0.25, -0.2) is 0 Å². The van der Waals surface area contributed by atoms with Crippen molar-refractivity contribution in [3.8, 4) is 0 Å². The van der Waals surface area contributed by atoms with Crippen LogP contribution in [0.1, 0.15) is 30.8 Å². The van der Waals surface area contributed by atoms with Crippen LogP contribution in [0, 0.1) is 5.92 Å². The molecular formula is C13H22N4O2. The maximum absolute atomic E-state index is 11.6. The van der Waals surface area contributed by atoms with E-state index in [-0.39, 0.29) is 5.91 Å². The van der Waals surface area contributed by atoms with E-state index >= 15 is 0 Å². The highest BCUT2D eigenvalue weighted by atomic mass is 16.5. The maximum Gasteiger partial charge on any atom is 0.271 e. The maximum atomic E-state index is 11.6. The topological polar surface area (TPSA) is 76.1 Å². The minimum absolute atomic E-state index is 0.238. The largest absolute Gasteiger partial charge is 0.383 e. The van der Waals surface area contributed by atoms with Gasteiger partial charge in [0.1, 0.15) is 5.82 Å². The zero-order chi connectivity index (χ0) is 14.1. The van der Waals surface area contributed by atoms with Gasteiger partial charge in [-0.05, 0) is 24.5 Å². The Morgan fingerprint density at radius 2 is 2.11 bits per heavy atom. The van der Waals surface area contributed by atoms with Gasteiger partial charge in [-0.1, -0.05) is 13.8 Å². The summed E-state index contributed by atoms with van der Waals surface area (Å²) in [6, 6.07) is 3.42. The number of amides is 1. The van der Waals surface area contributed by atoms with Gasteiger partial charge in [0.25, 0.3) is 5.91 Å². The van der Waals surface area contributed by atoms with Crippen LogP contribution in [0.3, 0.4) is 0 Å². The normalized spacial score (nSPS) is 10.5. The molecule has 0 saturated heterocycles. The monoisotopic (exact) mass is 266 g/mol. The zero-order valence-electron chi connectivity index (χ0n) is 11.8. The number of methoxy groups -OCH3 is 1. The summed E-state index contributed by atoms with van der Waals surface area (Å²) in [5, 5.41) is 13.7. The first-order chi connectivity index (χ1) is 9.13. The Balaban J connectivity index is 2.40. The van der Waals surface area contributed by atoms with Gasteiger partial charge >= 0.3 is 0 Å². The van der Waals surface area contributed by atoms with Crippen molar-refractivity contribution < 1.29 is 9.53 Å². The number of nitrogens with zero attached hydrogens (tertiary/aromatic N) is 2. The number of nitrogens with one attached hydrogen (secondary N) is 2. The summed E-state index contributed by atoms with van der Waals surface area (Å²) in [6.45, 7) is 6.13. The van der Waals surface area contributed by atoms with Crippen molar-refractivity contribution in [2.24, 2.45) is 5.92 Å². The summed E-state index contributed by atoms with van der Waals surface area (Å²) in [5.41, 5.74) is 0.311. The van der Waals surface area contributed by atoms with Gasteiger partial charge in [-0.2, -0.15) is 0 Å². The van der Waals surface area contributed by atoms with Crippen molar-refractivity contribution in [3.63, 3.8) is 0 Å². The third-order valence-corrected chi connectivity index (χ3v) is 2.52. The molecule has 1 amide bonds. The molecule has 1 aromatic rings. The highest BCUT2D eigenvalue weighted by molar-refractivity contribution is 5.92. The summed E-state index contributed by atoms with van der Waals surface area (Å²) >= 11 is 0. The Morgan fingerprint density at radius 1 is 1.32 bits per heavy atom. The van der Waals surface area contributed by atoms with Crippen molar-refractivity contribution in [2.75, 3.05) is 32.1 Å². The van der Waals surface area contributed by atoms with Crippen molar-refractivity contribution in [1.82, 2.24) is 15.5 Å². The van der Waals surface area contributed by atoms with Gasteiger partial charge in [-0.15, -0.1) is 10.2 Å². The lowest BCUT2D eigenvalue weighted by atomic mass is 10.1. The lowest BCUT2D eigenvalue weighted by molar-refractivity contribution is 0.0931. The molecule has 106 valence electrons. The fourth-order valence-electron chi connectivity index (χ4n) is 1.39. The fraction of sp³-hybridized carbons (Fsp3) is 0.615. The third-order valence-electron chi connectivity index (χ3n) is 2.52. The summed E-state index contributed by atoms with van der Waals surface area (Å²) in [6.07, 6.45) is 1.07. The van der Waals surface area contributed by atoms with Crippen LogP contribution in [-0.2, 0) is 4.74 Å². The molecule has 0 bridgehead atoms. The average molecular weight is 266 g/mol. The van der Waals surface area contributed by atoms with E-state index in [1.165, 1.54) is 0 Å². The van der Waals surface area contributed by atoms with E-state index in [0.29, 0.717) is 30.6 Å². The van der Waals surface area contributed by atoms with Crippen molar-refractivity contribution >= 4 is 11.7 Å². The van der Waals surface area contributed by atoms with Gasteiger partial charge in [0.05, 0.1) is 6.61 Å². The zero-order valence-corrected chi connectivity index (χ0v) is 11.8. The van der Waals surface area contributed by atoms with E-state index in [1.54, 1.807) is 19.2 Å². The van der Waals surface area contributed by atoms with Crippen LogP contribution >= 0.6 is 0 Å². The highest BCUT2D eigenvalue weighted by Crippen LogP contribution is 2.04. The van der Waals surface area contributed by atoms with Gasteiger partial charge in [-0.3, -0.25) is 4.79 Å². The molecule has 6 heteroatoms. The number of hydrogen-bond donors (Lipinski definition) is 2. The molecule has 1 aromatic heterocycles. The van der Waals surface area contributed by atoms with E-state index in [9.17, 15) is 4.79 Å². The van der Waals surface area contributed by atoms with Crippen LogP contribution in [0.15, 0.2) is 12.1 Å². The minimum atomic E-state index is -0.238. The third kappa shape index (κ3) is 6.15. The summed E-state index contributed by atoms with van der Waals surface area (Å²) in [4.78, 5) is 11.6. The van der Waals surface area contributed by atoms with E-state index in [1.807, 2.05) is 0 Å². The molecule has 1 rings (SSSR count).